The van der Waals surface area contributed by atoms with Crippen molar-refractivity contribution in [3.63, 3.8) is 0 Å². The summed E-state index contributed by atoms with van der Waals surface area (Å²) in [6, 6.07) is 0.604. The van der Waals surface area contributed by atoms with E-state index in [4.69, 9.17) is 5.11 Å². The molecule has 0 fully saturated rings. The number of phenolic OH excluding ortho intramolecular Hbond substituents is 1. The third-order valence-electron chi connectivity index (χ3n) is 2.19. The number of phenols is 1. The van der Waals surface area contributed by atoms with Gasteiger partial charge in [-0.1, -0.05) is 0 Å². The number of carbonyl (C=O) groups excluding carboxylic acids is 1. The number of hydrogen-bond acceptors (Lipinski definition) is 2. The molecule has 1 aromatic carbocycles. The molecule has 1 aliphatic rings. The van der Waals surface area contributed by atoms with Crippen LogP contribution in [0, 0.1) is 11.6 Å². The Balaban J connectivity index is 2.77. The number of halogens is 2. The Labute approximate surface area is 72.8 Å². The summed E-state index contributed by atoms with van der Waals surface area (Å²) in [6.45, 7) is 0. The van der Waals surface area contributed by atoms with Gasteiger partial charge in [0.15, 0.2) is 17.3 Å². The van der Waals surface area contributed by atoms with Gasteiger partial charge in [-0.25, -0.2) is 8.78 Å². The van der Waals surface area contributed by atoms with Crippen LogP contribution in [0.1, 0.15) is 22.3 Å². The Morgan fingerprint density at radius 3 is 2.62 bits per heavy atom. The molecule has 0 bridgehead atoms. The molecule has 0 heterocycles. The largest absolute Gasteiger partial charge is 0.504 e. The number of Topliss-reactive ketones (excluding diaryl/α,β-unsaturated/α-hetero) is 1. The molecule has 0 spiro atoms. The van der Waals surface area contributed by atoms with Crippen molar-refractivity contribution in [2.75, 3.05) is 0 Å². The molecule has 2 nitrogen and oxygen atoms in total. The van der Waals surface area contributed by atoms with E-state index in [1.165, 1.54) is 0 Å². The Bertz CT molecular complexity index is 399. The lowest BCUT2D eigenvalue weighted by molar-refractivity contribution is 0.0991. The Hall–Kier alpha value is -1.45. The Morgan fingerprint density at radius 2 is 1.92 bits per heavy atom. The second-order valence-electron chi connectivity index (χ2n) is 2.97. The highest BCUT2D eigenvalue weighted by Gasteiger charge is 2.28. The van der Waals surface area contributed by atoms with Crippen LogP contribution < -0.4 is 0 Å². The van der Waals surface area contributed by atoms with Crippen LogP contribution >= 0.6 is 0 Å². The van der Waals surface area contributed by atoms with Gasteiger partial charge in [0.25, 0.3) is 0 Å². The van der Waals surface area contributed by atoms with Gasteiger partial charge >= 0.3 is 0 Å². The van der Waals surface area contributed by atoms with Crippen LogP contribution in [-0.2, 0) is 6.42 Å². The molecule has 0 saturated carbocycles. The third kappa shape index (κ3) is 1.02. The van der Waals surface area contributed by atoms with E-state index < -0.39 is 23.2 Å². The predicted octanol–water partition coefficient (Wildman–Crippen LogP) is 1.80. The van der Waals surface area contributed by atoms with Crippen LogP contribution in [0.25, 0.3) is 0 Å². The van der Waals surface area contributed by atoms with Gasteiger partial charge in [0.1, 0.15) is 5.82 Å². The summed E-state index contributed by atoms with van der Waals surface area (Å²) >= 11 is 0. The van der Waals surface area contributed by atoms with Gasteiger partial charge in [-0.2, -0.15) is 0 Å². The summed E-state index contributed by atoms with van der Waals surface area (Å²) in [6.07, 6.45) is 0.386. The minimum Gasteiger partial charge on any atom is -0.504 e. The van der Waals surface area contributed by atoms with E-state index in [1.807, 2.05) is 0 Å². The number of hydrogen-bond donors (Lipinski definition) is 1. The average molecular weight is 184 g/mol. The SMILES string of the molecule is O=C1CCc2c(F)cc(F)c(O)c21. The van der Waals surface area contributed by atoms with Crippen molar-refractivity contribution in [2.45, 2.75) is 12.8 Å². The summed E-state index contributed by atoms with van der Waals surface area (Å²) in [5.74, 6) is -2.95. The molecule has 2 rings (SSSR count). The molecule has 0 atom stereocenters. The van der Waals surface area contributed by atoms with Gasteiger partial charge in [-0.15, -0.1) is 0 Å². The van der Waals surface area contributed by atoms with Crippen molar-refractivity contribution < 1.29 is 18.7 Å². The highest BCUT2D eigenvalue weighted by molar-refractivity contribution is 6.02. The summed E-state index contributed by atoms with van der Waals surface area (Å²) in [5, 5.41) is 9.15. The van der Waals surface area contributed by atoms with Crippen molar-refractivity contribution in [2.24, 2.45) is 0 Å². The fourth-order valence-electron chi connectivity index (χ4n) is 1.56. The van der Waals surface area contributed by atoms with Crippen LogP contribution in [0.15, 0.2) is 6.07 Å². The maximum absolute atomic E-state index is 13.0. The third-order valence-corrected chi connectivity index (χ3v) is 2.19. The smallest absolute Gasteiger partial charge is 0.168 e. The zero-order valence-electron chi connectivity index (χ0n) is 6.60. The van der Waals surface area contributed by atoms with Gasteiger partial charge in [0.05, 0.1) is 5.56 Å². The Kier molecular flexibility index (Phi) is 1.58. The molecule has 0 radical (unpaired) electrons. The van der Waals surface area contributed by atoms with E-state index in [0.29, 0.717) is 6.07 Å². The van der Waals surface area contributed by atoms with Crippen molar-refractivity contribution in [3.05, 3.63) is 28.8 Å². The van der Waals surface area contributed by atoms with E-state index in [0.717, 1.165) is 0 Å². The van der Waals surface area contributed by atoms with Gasteiger partial charge in [-0.05, 0) is 6.42 Å². The molecule has 0 amide bonds. The van der Waals surface area contributed by atoms with Crippen molar-refractivity contribution in [1.29, 1.82) is 0 Å². The molecule has 0 unspecified atom stereocenters. The zero-order valence-corrected chi connectivity index (χ0v) is 6.60. The summed E-state index contributed by atoms with van der Waals surface area (Å²) < 4.78 is 25.8. The van der Waals surface area contributed by atoms with E-state index in [9.17, 15) is 13.6 Å². The molecule has 4 heteroatoms. The highest BCUT2D eigenvalue weighted by atomic mass is 19.1. The number of aromatic hydroxyl groups is 1. The molecule has 13 heavy (non-hydrogen) atoms. The standard InChI is InChI=1S/C9H6F2O2/c10-5-3-6(11)9(13)8-4(5)1-2-7(8)12/h3,13H,1-2H2. The Morgan fingerprint density at radius 1 is 1.23 bits per heavy atom. The normalized spacial score (nSPS) is 14.8. The average Bonchev–Trinajstić information content (AvgIpc) is 2.44. The van der Waals surface area contributed by atoms with Gasteiger partial charge in [-0.3, -0.25) is 4.79 Å². The maximum Gasteiger partial charge on any atom is 0.168 e. The number of benzene rings is 1. The topological polar surface area (TPSA) is 37.3 Å². The lowest BCUT2D eigenvalue weighted by Gasteiger charge is -2.03. The fourth-order valence-corrected chi connectivity index (χ4v) is 1.56. The number of carbonyl (C=O) groups is 1. The zero-order chi connectivity index (χ0) is 9.59. The lowest BCUT2D eigenvalue weighted by Crippen LogP contribution is -1.96. The first-order valence-corrected chi connectivity index (χ1v) is 3.84. The van der Waals surface area contributed by atoms with Crippen LogP contribution in [0.2, 0.25) is 0 Å². The van der Waals surface area contributed by atoms with E-state index in [1.54, 1.807) is 0 Å². The predicted molar refractivity (Wildman–Crippen MR) is 40.7 cm³/mol. The summed E-state index contributed by atoms with van der Waals surface area (Å²) in [7, 11) is 0. The first-order chi connectivity index (χ1) is 6.11. The highest BCUT2D eigenvalue weighted by Crippen LogP contribution is 2.33. The quantitative estimate of drug-likeness (QED) is 0.667. The van der Waals surface area contributed by atoms with Crippen LogP contribution in [0.3, 0.4) is 0 Å². The molecule has 1 aliphatic carbocycles. The second kappa shape index (κ2) is 2.52. The molecule has 0 saturated heterocycles. The monoisotopic (exact) mass is 184 g/mol. The van der Waals surface area contributed by atoms with E-state index in [2.05, 4.69) is 0 Å². The van der Waals surface area contributed by atoms with Gasteiger partial charge in [0.2, 0.25) is 0 Å². The van der Waals surface area contributed by atoms with Crippen LogP contribution in [-0.4, -0.2) is 10.9 Å². The molecule has 1 N–H and O–H groups in total. The molecular weight excluding hydrogens is 178 g/mol. The van der Waals surface area contributed by atoms with E-state index in [-0.39, 0.29) is 24.0 Å². The number of fused-ring (bicyclic) bond motifs is 1. The number of rotatable bonds is 0. The summed E-state index contributed by atoms with van der Waals surface area (Å²) in [5.41, 5.74) is -0.0543. The number of ketones is 1. The first-order valence-electron chi connectivity index (χ1n) is 3.84. The lowest BCUT2D eigenvalue weighted by atomic mass is 10.1. The molecule has 1 aromatic rings. The van der Waals surface area contributed by atoms with Crippen LogP contribution in [0.4, 0.5) is 8.78 Å². The van der Waals surface area contributed by atoms with Crippen LogP contribution in [0.5, 0.6) is 5.75 Å². The maximum atomic E-state index is 13.0. The van der Waals surface area contributed by atoms with Gasteiger partial charge < -0.3 is 5.11 Å². The van der Waals surface area contributed by atoms with E-state index >= 15 is 0 Å². The van der Waals surface area contributed by atoms with Crippen molar-refractivity contribution in [3.8, 4) is 5.75 Å². The minimum absolute atomic E-state index is 0.129. The van der Waals surface area contributed by atoms with Gasteiger partial charge in [0, 0.05) is 18.1 Å². The first kappa shape index (κ1) is 8.16. The minimum atomic E-state index is -1.08. The molecular formula is C9H6F2O2. The fraction of sp³-hybridized carbons (Fsp3) is 0.222. The molecule has 0 aromatic heterocycles. The van der Waals surface area contributed by atoms with Crippen molar-refractivity contribution in [1.82, 2.24) is 0 Å². The molecule has 0 aliphatic heterocycles. The summed E-state index contributed by atoms with van der Waals surface area (Å²) in [4.78, 5) is 11.1. The second-order valence-corrected chi connectivity index (χ2v) is 2.97. The van der Waals surface area contributed by atoms with Crippen molar-refractivity contribution >= 4 is 5.78 Å². The molecule has 68 valence electrons.